The molecule has 0 aromatic rings. The van der Waals surface area contributed by atoms with Gasteiger partial charge in [0, 0.05) is 13.0 Å². The van der Waals surface area contributed by atoms with Crippen LogP contribution >= 0.6 is 0 Å². The van der Waals surface area contributed by atoms with Crippen molar-refractivity contribution in [1.82, 2.24) is 0 Å². The van der Waals surface area contributed by atoms with E-state index in [4.69, 9.17) is 9.47 Å². The van der Waals surface area contributed by atoms with E-state index in [0.29, 0.717) is 19.6 Å². The second-order valence-corrected chi connectivity index (χ2v) is 11.9. The van der Waals surface area contributed by atoms with Crippen molar-refractivity contribution in [1.29, 1.82) is 0 Å². The monoisotopic (exact) mass is 579 g/mol. The van der Waals surface area contributed by atoms with Crippen LogP contribution in [0.25, 0.3) is 0 Å². The second kappa shape index (κ2) is 35.1. The van der Waals surface area contributed by atoms with Crippen molar-refractivity contribution in [2.75, 3.05) is 19.8 Å². The van der Waals surface area contributed by atoms with Crippen LogP contribution < -0.4 is 0 Å². The normalized spacial score (nSPS) is 12.6. The molecule has 0 aliphatic carbocycles. The lowest BCUT2D eigenvalue weighted by Gasteiger charge is -2.15. The number of rotatable bonds is 33. The molecule has 0 saturated carbocycles. The van der Waals surface area contributed by atoms with Gasteiger partial charge >= 0.3 is 5.97 Å². The zero-order valence-electron chi connectivity index (χ0n) is 27.6. The quantitative estimate of drug-likeness (QED) is 0.0478. The van der Waals surface area contributed by atoms with E-state index in [2.05, 4.69) is 38.2 Å². The largest absolute Gasteiger partial charge is 0.457 e. The number of unbranched alkanes of at least 4 members (excludes halogenated alkanes) is 21. The molecule has 0 rings (SSSR count). The molecule has 4 heteroatoms. The number of aliphatic hydroxyl groups is 1. The highest BCUT2D eigenvalue weighted by Crippen LogP contribution is 2.12. The molecule has 0 aromatic heterocycles. The molecule has 0 aliphatic rings. The zero-order chi connectivity index (χ0) is 29.9. The predicted octanol–water partition coefficient (Wildman–Crippen LogP) is 11.2. The molecule has 1 unspecified atom stereocenters. The Hall–Kier alpha value is -1.13. The van der Waals surface area contributed by atoms with E-state index in [1.54, 1.807) is 0 Å². The third-order valence-corrected chi connectivity index (χ3v) is 7.75. The molecule has 0 saturated heterocycles. The van der Waals surface area contributed by atoms with Gasteiger partial charge in [0.2, 0.25) is 0 Å². The first kappa shape index (κ1) is 39.9. The van der Waals surface area contributed by atoms with Gasteiger partial charge in [-0.3, -0.25) is 4.79 Å². The Morgan fingerprint density at radius 1 is 0.561 bits per heavy atom. The Bertz CT molecular complexity index is 571. The summed E-state index contributed by atoms with van der Waals surface area (Å²) >= 11 is 0. The van der Waals surface area contributed by atoms with Crippen molar-refractivity contribution >= 4 is 5.97 Å². The summed E-state index contributed by atoms with van der Waals surface area (Å²) in [6.07, 6.45) is 40.7. The number of esters is 1. The average molecular weight is 579 g/mol. The minimum Gasteiger partial charge on any atom is -0.457 e. The highest BCUT2D eigenvalue weighted by atomic mass is 16.6. The highest BCUT2D eigenvalue weighted by Gasteiger charge is 2.13. The topological polar surface area (TPSA) is 55.8 Å². The molecule has 0 spiro atoms. The maximum atomic E-state index is 12.1. The number of carbonyl (C=O) groups is 1. The van der Waals surface area contributed by atoms with Crippen molar-refractivity contribution in [3.8, 4) is 0 Å². The lowest BCUT2D eigenvalue weighted by Crippen LogP contribution is -2.27. The molecule has 41 heavy (non-hydrogen) atoms. The summed E-state index contributed by atoms with van der Waals surface area (Å²) in [5.41, 5.74) is 0. The minimum atomic E-state index is -0.537. The number of allylic oxidation sites excluding steroid dienone is 4. The fraction of sp³-hybridized carbons (Fsp3) is 0.865. The van der Waals surface area contributed by atoms with Crippen LogP contribution in [0.2, 0.25) is 0 Å². The minimum absolute atomic E-state index is 0.175. The Kier molecular flexibility index (Phi) is 34.1. The molecular weight excluding hydrogens is 508 g/mol. The Morgan fingerprint density at radius 2 is 0.951 bits per heavy atom. The summed E-state index contributed by atoms with van der Waals surface area (Å²) in [6.45, 7) is 5.31. The van der Waals surface area contributed by atoms with Crippen molar-refractivity contribution in [2.45, 2.75) is 187 Å². The number of ether oxygens (including phenoxy) is 2. The molecule has 0 heterocycles. The van der Waals surface area contributed by atoms with Gasteiger partial charge < -0.3 is 14.6 Å². The van der Waals surface area contributed by atoms with Crippen LogP contribution in [0.5, 0.6) is 0 Å². The lowest BCUT2D eigenvalue weighted by atomic mass is 10.1. The molecule has 1 atom stereocenters. The molecule has 0 aromatic carbocycles. The molecule has 0 amide bonds. The number of hydrogen-bond acceptors (Lipinski definition) is 4. The molecule has 0 bridgehead atoms. The average Bonchev–Trinajstić information content (AvgIpc) is 2.98. The zero-order valence-corrected chi connectivity index (χ0v) is 27.6. The summed E-state index contributed by atoms with van der Waals surface area (Å²) in [7, 11) is 0. The van der Waals surface area contributed by atoms with Gasteiger partial charge in [-0.1, -0.05) is 134 Å². The standard InChI is InChI=1S/C37H70O4/c1-3-5-7-9-11-13-15-17-19-20-22-24-26-28-30-32-37(39)41-36(34-38)35-40-33-31-29-27-25-23-21-18-16-14-12-10-8-6-4-2/h14,16-17,19,36,38H,3-13,15,18,20-35H2,1-2H3/b16-14-,19-17-. The van der Waals surface area contributed by atoms with Gasteiger partial charge in [0.05, 0.1) is 13.2 Å². The van der Waals surface area contributed by atoms with Crippen LogP contribution in [0.3, 0.4) is 0 Å². The van der Waals surface area contributed by atoms with Crippen molar-refractivity contribution < 1.29 is 19.4 Å². The Morgan fingerprint density at radius 3 is 1.41 bits per heavy atom. The van der Waals surface area contributed by atoms with E-state index in [1.165, 1.54) is 141 Å². The summed E-state index contributed by atoms with van der Waals surface area (Å²) in [4.78, 5) is 12.1. The first-order valence-corrected chi connectivity index (χ1v) is 17.9. The van der Waals surface area contributed by atoms with Crippen molar-refractivity contribution in [3.05, 3.63) is 24.3 Å². The molecule has 0 radical (unpaired) electrons. The third-order valence-electron chi connectivity index (χ3n) is 7.75. The molecule has 0 fully saturated rings. The predicted molar refractivity (Wildman–Crippen MR) is 177 cm³/mol. The summed E-state index contributed by atoms with van der Waals surface area (Å²) in [5.74, 6) is -0.211. The highest BCUT2D eigenvalue weighted by molar-refractivity contribution is 5.69. The third kappa shape index (κ3) is 33.2. The van der Waals surface area contributed by atoms with Gasteiger partial charge in [-0.15, -0.1) is 0 Å². The molecule has 0 aliphatic heterocycles. The van der Waals surface area contributed by atoms with Gasteiger partial charge in [-0.2, -0.15) is 0 Å². The summed E-state index contributed by atoms with van der Waals surface area (Å²) in [6, 6.07) is 0. The Balaban J connectivity index is 3.46. The fourth-order valence-corrected chi connectivity index (χ4v) is 5.02. The molecule has 1 N–H and O–H groups in total. The van der Waals surface area contributed by atoms with Gasteiger partial charge in [0.1, 0.15) is 6.10 Å². The SMILES string of the molecule is CCCCCC/C=C\CCCCCCCCOCC(CO)OC(=O)CCCCCCC/C=C\CCCCCCCC. The van der Waals surface area contributed by atoms with Crippen LogP contribution in [0.1, 0.15) is 181 Å². The maximum absolute atomic E-state index is 12.1. The van der Waals surface area contributed by atoms with E-state index >= 15 is 0 Å². The smallest absolute Gasteiger partial charge is 0.306 e. The maximum Gasteiger partial charge on any atom is 0.306 e. The van der Waals surface area contributed by atoms with Gasteiger partial charge in [-0.05, 0) is 64.2 Å². The van der Waals surface area contributed by atoms with E-state index in [1.807, 2.05) is 0 Å². The summed E-state index contributed by atoms with van der Waals surface area (Å²) < 4.78 is 11.1. The van der Waals surface area contributed by atoms with E-state index < -0.39 is 6.10 Å². The van der Waals surface area contributed by atoms with E-state index in [-0.39, 0.29) is 12.6 Å². The van der Waals surface area contributed by atoms with E-state index in [9.17, 15) is 9.90 Å². The van der Waals surface area contributed by atoms with Crippen LogP contribution in [-0.4, -0.2) is 37.0 Å². The molecular formula is C37H70O4. The summed E-state index contributed by atoms with van der Waals surface area (Å²) in [5, 5.41) is 9.54. The van der Waals surface area contributed by atoms with Gasteiger partial charge in [-0.25, -0.2) is 0 Å². The number of hydrogen-bond donors (Lipinski definition) is 1. The first-order valence-electron chi connectivity index (χ1n) is 17.9. The van der Waals surface area contributed by atoms with E-state index in [0.717, 1.165) is 19.3 Å². The van der Waals surface area contributed by atoms with Gasteiger partial charge in [0.15, 0.2) is 0 Å². The number of carbonyl (C=O) groups excluding carboxylic acids is 1. The lowest BCUT2D eigenvalue weighted by molar-refractivity contribution is -0.154. The van der Waals surface area contributed by atoms with Crippen LogP contribution in [-0.2, 0) is 14.3 Å². The van der Waals surface area contributed by atoms with Crippen LogP contribution in [0, 0.1) is 0 Å². The number of aliphatic hydroxyl groups excluding tert-OH is 1. The first-order chi connectivity index (χ1) is 20.2. The molecule has 4 nitrogen and oxygen atoms in total. The van der Waals surface area contributed by atoms with Crippen LogP contribution in [0.4, 0.5) is 0 Å². The fourth-order valence-electron chi connectivity index (χ4n) is 5.02. The van der Waals surface area contributed by atoms with Crippen molar-refractivity contribution in [3.63, 3.8) is 0 Å². The molecule has 242 valence electrons. The van der Waals surface area contributed by atoms with Gasteiger partial charge in [0.25, 0.3) is 0 Å². The van der Waals surface area contributed by atoms with Crippen LogP contribution in [0.15, 0.2) is 24.3 Å². The van der Waals surface area contributed by atoms with Crippen molar-refractivity contribution in [2.24, 2.45) is 0 Å². The second-order valence-electron chi connectivity index (χ2n) is 11.9. The Labute approximate surface area is 256 Å².